The average molecular weight is 233 g/mol. The molecule has 3 heteroatoms. The lowest BCUT2D eigenvalue weighted by molar-refractivity contribution is 0.539. The van der Waals surface area contributed by atoms with Crippen LogP contribution in [0, 0.1) is 0 Å². The van der Waals surface area contributed by atoms with Crippen molar-refractivity contribution in [1.82, 2.24) is 0 Å². The highest BCUT2D eigenvalue weighted by atomic mass is 19.1. The van der Waals surface area contributed by atoms with E-state index in [2.05, 4.69) is 4.99 Å². The quantitative estimate of drug-likeness (QED) is 0.674. The van der Waals surface area contributed by atoms with E-state index in [0.29, 0.717) is 12.1 Å². The van der Waals surface area contributed by atoms with E-state index in [0.717, 1.165) is 5.56 Å². The van der Waals surface area contributed by atoms with Crippen LogP contribution in [0.5, 0.6) is 0 Å². The van der Waals surface area contributed by atoms with Crippen molar-refractivity contribution in [3.05, 3.63) is 59.3 Å². The number of halogens is 2. The number of benzene rings is 1. The van der Waals surface area contributed by atoms with E-state index in [1.165, 1.54) is 6.08 Å². The smallest absolute Gasteiger partial charge is 0.147 e. The molecule has 2 rings (SSSR count). The van der Waals surface area contributed by atoms with Crippen molar-refractivity contribution in [3.8, 4) is 0 Å². The van der Waals surface area contributed by atoms with Crippen LogP contribution in [0.1, 0.15) is 25.3 Å². The van der Waals surface area contributed by atoms with Crippen molar-refractivity contribution in [3.63, 3.8) is 0 Å². The summed E-state index contributed by atoms with van der Waals surface area (Å²) in [5, 5.41) is 0. The second-order valence-electron chi connectivity index (χ2n) is 3.91. The fourth-order valence-corrected chi connectivity index (χ4v) is 1.70. The van der Waals surface area contributed by atoms with Gasteiger partial charge in [0.15, 0.2) is 0 Å². The third-order valence-corrected chi connectivity index (χ3v) is 2.64. The maximum absolute atomic E-state index is 13.5. The Bertz CT molecular complexity index is 498. The number of nitrogens with zero attached hydrogens (tertiary/aromatic N) is 1. The minimum absolute atomic E-state index is 0.155. The normalized spacial score (nSPS) is 17.1. The molecule has 0 amide bonds. The summed E-state index contributed by atoms with van der Waals surface area (Å²) in [5.74, 6) is -1.04. The van der Waals surface area contributed by atoms with Crippen LogP contribution in [0.4, 0.5) is 8.78 Å². The number of hydrogen-bond donors (Lipinski definition) is 0. The van der Waals surface area contributed by atoms with Gasteiger partial charge in [-0.1, -0.05) is 30.3 Å². The molecule has 1 aromatic carbocycles. The van der Waals surface area contributed by atoms with Gasteiger partial charge in [-0.15, -0.1) is 0 Å². The Balaban J connectivity index is 2.34. The zero-order chi connectivity index (χ0) is 12.3. The van der Waals surface area contributed by atoms with Crippen LogP contribution in [0.2, 0.25) is 0 Å². The highest BCUT2D eigenvalue weighted by Gasteiger charge is 2.15. The van der Waals surface area contributed by atoms with Crippen molar-refractivity contribution in [2.24, 2.45) is 4.99 Å². The van der Waals surface area contributed by atoms with Crippen molar-refractivity contribution in [2.75, 3.05) is 0 Å². The summed E-state index contributed by atoms with van der Waals surface area (Å²) in [5.41, 5.74) is 1.32. The molecule has 0 bridgehead atoms. The molecule has 0 radical (unpaired) electrons. The Morgan fingerprint density at radius 2 is 1.88 bits per heavy atom. The van der Waals surface area contributed by atoms with Gasteiger partial charge in [-0.05, 0) is 25.0 Å². The van der Waals surface area contributed by atoms with Crippen molar-refractivity contribution < 1.29 is 8.78 Å². The molecule has 0 heterocycles. The second kappa shape index (κ2) is 5.04. The van der Waals surface area contributed by atoms with Crippen molar-refractivity contribution in [2.45, 2.75) is 19.8 Å². The maximum Gasteiger partial charge on any atom is 0.147 e. The Labute approximate surface area is 99.2 Å². The molecule has 0 aromatic heterocycles. The van der Waals surface area contributed by atoms with Crippen molar-refractivity contribution in [1.29, 1.82) is 0 Å². The average Bonchev–Trinajstić information content (AvgIpc) is 2.35. The summed E-state index contributed by atoms with van der Waals surface area (Å²) in [6, 6.07) is 9.35. The summed E-state index contributed by atoms with van der Waals surface area (Å²) < 4.78 is 26.9. The Kier molecular flexibility index (Phi) is 3.47. The SMILES string of the molecule is CC(=NC1=C(F)CCC=C1F)c1ccccc1. The van der Waals surface area contributed by atoms with E-state index >= 15 is 0 Å². The molecular formula is C14H13F2N. The Hall–Kier alpha value is -1.77. The van der Waals surface area contributed by atoms with Gasteiger partial charge in [0.2, 0.25) is 0 Å². The molecule has 88 valence electrons. The van der Waals surface area contributed by atoms with E-state index in [4.69, 9.17) is 0 Å². The van der Waals surface area contributed by atoms with Gasteiger partial charge in [0.05, 0.1) is 0 Å². The topological polar surface area (TPSA) is 12.4 Å². The highest BCUT2D eigenvalue weighted by Crippen LogP contribution is 2.28. The van der Waals surface area contributed by atoms with E-state index in [1.54, 1.807) is 6.92 Å². The molecule has 1 nitrogen and oxygen atoms in total. The molecule has 0 fully saturated rings. The molecule has 0 spiro atoms. The molecule has 0 saturated heterocycles. The zero-order valence-corrected chi connectivity index (χ0v) is 9.58. The van der Waals surface area contributed by atoms with Gasteiger partial charge in [0.25, 0.3) is 0 Å². The first kappa shape index (κ1) is 11.7. The third kappa shape index (κ3) is 2.67. The van der Waals surface area contributed by atoms with Crippen molar-refractivity contribution >= 4 is 5.71 Å². The summed E-state index contributed by atoms with van der Waals surface area (Å²) in [4.78, 5) is 4.05. The number of aliphatic imine (C=N–C) groups is 1. The zero-order valence-electron chi connectivity index (χ0n) is 9.58. The molecule has 0 aliphatic heterocycles. The predicted octanol–water partition coefficient (Wildman–Crippen LogP) is 4.32. The largest absolute Gasteiger partial charge is 0.247 e. The van der Waals surface area contributed by atoms with Crippen LogP contribution in [-0.2, 0) is 0 Å². The first-order chi connectivity index (χ1) is 8.18. The minimum atomic E-state index is -0.566. The van der Waals surface area contributed by atoms with Gasteiger partial charge in [0, 0.05) is 12.1 Å². The lowest BCUT2D eigenvalue weighted by Gasteiger charge is -2.09. The number of rotatable bonds is 2. The first-order valence-electron chi connectivity index (χ1n) is 5.54. The molecular weight excluding hydrogens is 220 g/mol. The van der Waals surface area contributed by atoms with Gasteiger partial charge in [-0.2, -0.15) is 0 Å². The van der Waals surface area contributed by atoms with E-state index in [-0.39, 0.29) is 12.1 Å². The summed E-state index contributed by atoms with van der Waals surface area (Å²) in [6.45, 7) is 1.75. The maximum atomic E-state index is 13.5. The van der Waals surface area contributed by atoms with E-state index in [9.17, 15) is 8.78 Å². The molecule has 0 N–H and O–H groups in total. The predicted molar refractivity (Wildman–Crippen MR) is 65.2 cm³/mol. The van der Waals surface area contributed by atoms with E-state index in [1.807, 2.05) is 30.3 Å². The van der Waals surface area contributed by atoms with E-state index < -0.39 is 11.7 Å². The first-order valence-corrected chi connectivity index (χ1v) is 5.54. The third-order valence-electron chi connectivity index (χ3n) is 2.64. The number of allylic oxidation sites excluding steroid dienone is 3. The molecule has 0 unspecified atom stereocenters. The van der Waals surface area contributed by atoms with Crippen LogP contribution in [0.15, 0.2) is 58.8 Å². The van der Waals surface area contributed by atoms with Gasteiger partial charge in [0.1, 0.15) is 17.4 Å². The molecule has 17 heavy (non-hydrogen) atoms. The molecule has 0 saturated carbocycles. The minimum Gasteiger partial charge on any atom is -0.247 e. The van der Waals surface area contributed by atoms with Gasteiger partial charge >= 0.3 is 0 Å². The lowest BCUT2D eigenvalue weighted by atomic mass is 10.1. The van der Waals surface area contributed by atoms with Gasteiger partial charge in [-0.3, -0.25) is 0 Å². The molecule has 1 aliphatic rings. The van der Waals surface area contributed by atoms with Crippen LogP contribution in [-0.4, -0.2) is 5.71 Å². The van der Waals surface area contributed by atoms with Crippen LogP contribution < -0.4 is 0 Å². The highest BCUT2D eigenvalue weighted by molar-refractivity contribution is 5.99. The monoisotopic (exact) mass is 233 g/mol. The summed E-state index contributed by atoms with van der Waals surface area (Å²) in [7, 11) is 0. The summed E-state index contributed by atoms with van der Waals surface area (Å²) >= 11 is 0. The standard InChI is InChI=1S/C14H13F2N/c1-10(11-6-3-2-4-7-11)17-14-12(15)8-5-9-13(14)16/h2-4,6-8H,5,9H2,1H3. The molecule has 1 aromatic rings. The fraction of sp³-hybridized carbons (Fsp3) is 0.214. The summed E-state index contributed by atoms with van der Waals surface area (Å²) in [6.07, 6.45) is 2.01. The second-order valence-corrected chi connectivity index (χ2v) is 3.91. The number of hydrogen-bond acceptors (Lipinski definition) is 1. The fourth-order valence-electron chi connectivity index (χ4n) is 1.70. The Morgan fingerprint density at radius 3 is 2.53 bits per heavy atom. The Morgan fingerprint density at radius 1 is 1.18 bits per heavy atom. The molecule has 0 atom stereocenters. The van der Waals surface area contributed by atoms with Crippen LogP contribution in [0.25, 0.3) is 0 Å². The van der Waals surface area contributed by atoms with Crippen LogP contribution >= 0.6 is 0 Å². The lowest BCUT2D eigenvalue weighted by Crippen LogP contribution is -1.99. The van der Waals surface area contributed by atoms with Crippen LogP contribution in [0.3, 0.4) is 0 Å². The molecule has 1 aliphatic carbocycles. The van der Waals surface area contributed by atoms with Gasteiger partial charge in [-0.25, -0.2) is 13.8 Å². The van der Waals surface area contributed by atoms with Gasteiger partial charge < -0.3 is 0 Å².